The first-order valence-electron chi connectivity index (χ1n) is 9.70. The Morgan fingerprint density at radius 2 is 1.82 bits per heavy atom. The number of anilines is 1. The second-order valence-electron chi connectivity index (χ2n) is 7.54. The van der Waals surface area contributed by atoms with E-state index in [0.717, 1.165) is 25.9 Å². The third kappa shape index (κ3) is 3.89. The summed E-state index contributed by atoms with van der Waals surface area (Å²) < 4.78 is 11.0. The van der Waals surface area contributed by atoms with Crippen molar-refractivity contribution in [3.8, 4) is 11.7 Å². The first-order chi connectivity index (χ1) is 13.5. The van der Waals surface area contributed by atoms with Gasteiger partial charge in [0.05, 0.1) is 0 Å². The van der Waals surface area contributed by atoms with Gasteiger partial charge in [-0.15, -0.1) is 0 Å². The van der Waals surface area contributed by atoms with Crippen LogP contribution < -0.4 is 15.4 Å². The standard InChI is InChI=1S/C21H25N3O4/c1-13-20(15-9-11-24(13)12-10-15)23-21(26)16-3-5-17(6-4-16)27-19-8-7-18(28-19)22-14(2)25/h3-8,13,15,20H,9-12H2,1-2H3,(H,22,25)(H,23,26). The number of benzene rings is 1. The van der Waals surface area contributed by atoms with Crippen molar-refractivity contribution in [3.63, 3.8) is 0 Å². The molecule has 2 amide bonds. The minimum atomic E-state index is -0.214. The zero-order chi connectivity index (χ0) is 19.7. The Morgan fingerprint density at radius 3 is 2.46 bits per heavy atom. The van der Waals surface area contributed by atoms with Crippen LogP contribution in [-0.4, -0.2) is 41.9 Å². The molecule has 0 spiro atoms. The molecule has 1 aromatic heterocycles. The Morgan fingerprint density at radius 1 is 1.11 bits per heavy atom. The molecule has 2 atom stereocenters. The van der Waals surface area contributed by atoms with Gasteiger partial charge in [0, 0.05) is 36.7 Å². The first-order valence-corrected chi connectivity index (χ1v) is 9.70. The Labute approximate surface area is 164 Å². The fraction of sp³-hybridized carbons (Fsp3) is 0.429. The van der Waals surface area contributed by atoms with E-state index in [9.17, 15) is 9.59 Å². The molecule has 7 nitrogen and oxygen atoms in total. The van der Waals surface area contributed by atoms with Crippen molar-refractivity contribution >= 4 is 17.7 Å². The van der Waals surface area contributed by atoms with Crippen LogP contribution in [0.5, 0.6) is 11.7 Å². The molecule has 0 radical (unpaired) electrons. The van der Waals surface area contributed by atoms with Crippen molar-refractivity contribution < 1.29 is 18.7 Å². The summed E-state index contributed by atoms with van der Waals surface area (Å²) in [6.07, 6.45) is 2.32. The molecule has 2 aromatic rings. The predicted octanol–water partition coefficient (Wildman–Crippen LogP) is 3.24. The van der Waals surface area contributed by atoms with Crippen molar-refractivity contribution in [1.29, 1.82) is 0 Å². The zero-order valence-electron chi connectivity index (χ0n) is 16.1. The average molecular weight is 383 g/mol. The fourth-order valence-corrected chi connectivity index (χ4v) is 4.19. The highest BCUT2D eigenvalue weighted by atomic mass is 16.6. The Hall–Kier alpha value is -2.80. The van der Waals surface area contributed by atoms with Gasteiger partial charge in [-0.3, -0.25) is 19.8 Å². The van der Waals surface area contributed by atoms with E-state index < -0.39 is 0 Å². The van der Waals surface area contributed by atoms with Gasteiger partial charge in [-0.25, -0.2) is 0 Å². The molecular formula is C21H25N3O4. The number of piperidine rings is 3. The van der Waals surface area contributed by atoms with Crippen LogP contribution in [0.1, 0.15) is 37.0 Å². The van der Waals surface area contributed by atoms with Crippen LogP contribution in [0.2, 0.25) is 0 Å². The molecule has 0 aliphatic carbocycles. The number of carbonyl (C=O) groups is 2. The van der Waals surface area contributed by atoms with E-state index in [1.54, 1.807) is 36.4 Å². The molecule has 5 rings (SSSR count). The first kappa shape index (κ1) is 18.6. The minimum absolute atomic E-state index is 0.0527. The highest BCUT2D eigenvalue weighted by molar-refractivity contribution is 5.94. The van der Waals surface area contributed by atoms with Gasteiger partial charge in [0.2, 0.25) is 11.8 Å². The molecule has 3 aliphatic rings. The number of hydrogen-bond donors (Lipinski definition) is 2. The average Bonchev–Trinajstić information content (AvgIpc) is 3.11. The summed E-state index contributed by atoms with van der Waals surface area (Å²) in [5, 5.41) is 5.77. The summed E-state index contributed by atoms with van der Waals surface area (Å²) in [6, 6.07) is 10.8. The summed E-state index contributed by atoms with van der Waals surface area (Å²) in [4.78, 5) is 26.2. The largest absolute Gasteiger partial charge is 0.426 e. The predicted molar refractivity (Wildman–Crippen MR) is 105 cm³/mol. The van der Waals surface area contributed by atoms with Crippen molar-refractivity contribution in [2.75, 3.05) is 18.4 Å². The molecule has 4 heterocycles. The number of amides is 2. The zero-order valence-corrected chi connectivity index (χ0v) is 16.1. The maximum absolute atomic E-state index is 12.7. The quantitative estimate of drug-likeness (QED) is 0.828. The molecule has 1 aromatic carbocycles. The molecule has 3 fully saturated rings. The maximum Gasteiger partial charge on any atom is 0.291 e. The van der Waals surface area contributed by atoms with Crippen LogP contribution in [0, 0.1) is 5.92 Å². The second kappa shape index (κ2) is 7.67. The number of nitrogens with zero attached hydrogens (tertiary/aromatic N) is 1. The SMILES string of the molecule is CC(=O)Nc1ccc(Oc2ccc(C(=O)NC3C4CCN(CC4)C3C)cc2)o1. The molecule has 0 saturated carbocycles. The molecule has 2 unspecified atom stereocenters. The van der Waals surface area contributed by atoms with Crippen LogP contribution in [-0.2, 0) is 4.79 Å². The number of rotatable bonds is 5. The molecule has 2 N–H and O–H groups in total. The normalized spacial score (nSPS) is 25.9. The van der Waals surface area contributed by atoms with Crippen molar-refractivity contribution in [3.05, 3.63) is 42.0 Å². The van der Waals surface area contributed by atoms with Crippen LogP contribution >= 0.6 is 0 Å². The Bertz CT molecular complexity index is 851. The number of nitrogens with one attached hydrogen (secondary N) is 2. The van der Waals surface area contributed by atoms with Crippen LogP contribution in [0.4, 0.5) is 5.88 Å². The van der Waals surface area contributed by atoms with E-state index in [2.05, 4.69) is 22.5 Å². The van der Waals surface area contributed by atoms with Gasteiger partial charge in [-0.05, 0) is 63.0 Å². The summed E-state index contributed by atoms with van der Waals surface area (Å²) in [7, 11) is 0. The van der Waals surface area contributed by atoms with E-state index in [-0.39, 0.29) is 23.8 Å². The lowest BCUT2D eigenvalue weighted by molar-refractivity contribution is -0.114. The number of ether oxygens (including phenoxy) is 1. The lowest BCUT2D eigenvalue weighted by Gasteiger charge is -2.49. The highest BCUT2D eigenvalue weighted by Crippen LogP contribution is 2.32. The lowest BCUT2D eigenvalue weighted by Crippen LogP contribution is -2.62. The van der Waals surface area contributed by atoms with Gasteiger partial charge in [-0.1, -0.05) is 0 Å². The van der Waals surface area contributed by atoms with Crippen molar-refractivity contribution in [2.45, 2.75) is 38.8 Å². The molecule has 2 bridgehead atoms. The molecular weight excluding hydrogens is 358 g/mol. The summed E-state index contributed by atoms with van der Waals surface area (Å²) in [6.45, 7) is 5.89. The number of carbonyl (C=O) groups excluding carboxylic acids is 2. The monoisotopic (exact) mass is 383 g/mol. The van der Waals surface area contributed by atoms with E-state index in [4.69, 9.17) is 9.15 Å². The number of furan rings is 1. The van der Waals surface area contributed by atoms with E-state index in [1.165, 1.54) is 6.92 Å². The Balaban J connectivity index is 1.37. The Kier molecular flexibility index (Phi) is 5.09. The number of fused-ring (bicyclic) bond motifs is 3. The topological polar surface area (TPSA) is 83.8 Å². The van der Waals surface area contributed by atoms with Gasteiger partial charge in [0.15, 0.2) is 0 Å². The summed E-state index contributed by atoms with van der Waals surface area (Å²) in [5.41, 5.74) is 0.606. The van der Waals surface area contributed by atoms with Gasteiger partial charge in [-0.2, -0.15) is 0 Å². The molecule has 148 valence electrons. The number of hydrogen-bond acceptors (Lipinski definition) is 5. The molecule has 3 saturated heterocycles. The summed E-state index contributed by atoms with van der Waals surface area (Å²) >= 11 is 0. The van der Waals surface area contributed by atoms with E-state index in [1.807, 2.05) is 0 Å². The lowest BCUT2D eigenvalue weighted by atomic mass is 9.79. The van der Waals surface area contributed by atoms with E-state index in [0.29, 0.717) is 29.2 Å². The smallest absolute Gasteiger partial charge is 0.291 e. The van der Waals surface area contributed by atoms with Crippen molar-refractivity contribution in [2.24, 2.45) is 5.92 Å². The third-order valence-corrected chi connectivity index (χ3v) is 5.69. The van der Waals surface area contributed by atoms with Crippen molar-refractivity contribution in [1.82, 2.24) is 10.2 Å². The van der Waals surface area contributed by atoms with Gasteiger partial charge < -0.3 is 14.5 Å². The molecule has 7 heteroatoms. The molecule has 28 heavy (non-hydrogen) atoms. The maximum atomic E-state index is 12.7. The highest BCUT2D eigenvalue weighted by Gasteiger charge is 2.40. The van der Waals surface area contributed by atoms with Gasteiger partial charge in [0.1, 0.15) is 5.75 Å². The fourth-order valence-electron chi connectivity index (χ4n) is 4.19. The van der Waals surface area contributed by atoms with Crippen LogP contribution in [0.15, 0.2) is 40.8 Å². The van der Waals surface area contributed by atoms with E-state index >= 15 is 0 Å². The minimum Gasteiger partial charge on any atom is -0.426 e. The molecule has 3 aliphatic heterocycles. The van der Waals surface area contributed by atoms with Gasteiger partial charge >= 0.3 is 0 Å². The van der Waals surface area contributed by atoms with Crippen LogP contribution in [0.3, 0.4) is 0 Å². The second-order valence-corrected chi connectivity index (χ2v) is 7.54. The third-order valence-electron chi connectivity index (χ3n) is 5.69. The van der Waals surface area contributed by atoms with Gasteiger partial charge in [0.25, 0.3) is 11.9 Å². The summed E-state index contributed by atoms with van der Waals surface area (Å²) in [5.74, 6) is 1.45. The van der Waals surface area contributed by atoms with Crippen LogP contribution in [0.25, 0.3) is 0 Å².